The lowest BCUT2D eigenvalue weighted by Gasteiger charge is -2.53. The molecule has 0 amide bonds. The number of pyridine rings is 2. The van der Waals surface area contributed by atoms with E-state index in [0.29, 0.717) is 18.4 Å². The highest BCUT2D eigenvalue weighted by molar-refractivity contribution is 5.82. The van der Waals surface area contributed by atoms with Crippen molar-refractivity contribution in [1.82, 2.24) is 29.9 Å². The number of nitrogens with zero attached hydrogens (tertiary/aromatic N) is 6. The Balaban J connectivity index is 0.000000265. The third-order valence-electron chi connectivity index (χ3n) is 8.59. The fourth-order valence-corrected chi connectivity index (χ4v) is 5.68. The third-order valence-corrected chi connectivity index (χ3v) is 8.59. The lowest BCUT2D eigenvalue weighted by Crippen LogP contribution is -2.66. The van der Waals surface area contributed by atoms with Gasteiger partial charge in [-0.15, -0.1) is 5.10 Å². The number of rotatable bonds is 6. The van der Waals surface area contributed by atoms with Crippen molar-refractivity contribution in [3.63, 3.8) is 0 Å². The first-order chi connectivity index (χ1) is 20.4. The van der Waals surface area contributed by atoms with Crippen LogP contribution in [0.4, 0.5) is 0 Å². The fourth-order valence-electron chi connectivity index (χ4n) is 5.68. The first-order valence-electron chi connectivity index (χ1n) is 14.6. The molecule has 42 heavy (non-hydrogen) atoms. The quantitative estimate of drug-likeness (QED) is 0.256. The monoisotopic (exact) mass is 562 g/mol. The van der Waals surface area contributed by atoms with Crippen molar-refractivity contribution in [2.45, 2.75) is 52.8 Å². The second-order valence-corrected chi connectivity index (χ2v) is 11.5. The molecule has 2 aliphatic heterocycles. The molecule has 2 aliphatic rings. The van der Waals surface area contributed by atoms with Crippen molar-refractivity contribution in [2.75, 3.05) is 19.8 Å². The van der Waals surface area contributed by atoms with E-state index in [0.717, 1.165) is 55.5 Å². The van der Waals surface area contributed by atoms with Crippen molar-refractivity contribution in [1.29, 1.82) is 0 Å². The van der Waals surface area contributed by atoms with E-state index >= 15 is 0 Å². The van der Waals surface area contributed by atoms with Crippen LogP contribution in [0.5, 0.6) is 5.88 Å². The van der Waals surface area contributed by atoms with E-state index in [1.54, 1.807) is 10.9 Å². The van der Waals surface area contributed by atoms with Crippen LogP contribution in [0, 0.1) is 19.8 Å². The standard InChI is InChI=1S/C24H30N6O2.C10H8/c1-16(2)24(14-31-15-24)29-8-7-19-9-23(26-10-20(19)12-29)32-13-22-18(4)27-28-30(22)21-6-5-17(3)25-11-21;1-2-6-10-8-4-3-7-9(10)5-1/h5-6,9-11,16H,7-8,12-15H2,1-4H3;1-8H. The predicted molar refractivity (Wildman–Crippen MR) is 164 cm³/mol. The van der Waals surface area contributed by atoms with Crippen LogP contribution >= 0.6 is 0 Å². The predicted octanol–water partition coefficient (Wildman–Crippen LogP) is 5.88. The molecule has 0 atom stereocenters. The molecule has 8 nitrogen and oxygen atoms in total. The Morgan fingerprint density at radius 1 is 0.905 bits per heavy atom. The lowest BCUT2D eigenvalue weighted by molar-refractivity contribution is -0.168. The number of ether oxygens (including phenoxy) is 2. The minimum absolute atomic E-state index is 0.167. The number of hydrogen-bond donors (Lipinski definition) is 0. The molecule has 0 saturated carbocycles. The topological polar surface area (TPSA) is 78.2 Å². The van der Waals surface area contributed by atoms with Gasteiger partial charge in [0.1, 0.15) is 12.3 Å². The Morgan fingerprint density at radius 3 is 2.21 bits per heavy atom. The highest BCUT2D eigenvalue weighted by Gasteiger charge is 2.47. The molecule has 0 radical (unpaired) electrons. The zero-order chi connectivity index (χ0) is 29.1. The number of aromatic nitrogens is 5. The van der Waals surface area contributed by atoms with Gasteiger partial charge < -0.3 is 9.47 Å². The van der Waals surface area contributed by atoms with E-state index in [1.807, 2.05) is 32.2 Å². The van der Waals surface area contributed by atoms with Gasteiger partial charge in [-0.3, -0.25) is 9.88 Å². The summed E-state index contributed by atoms with van der Waals surface area (Å²) < 4.78 is 13.5. The first kappa shape index (κ1) is 28.0. The average Bonchev–Trinajstić information content (AvgIpc) is 3.36. The van der Waals surface area contributed by atoms with Gasteiger partial charge in [0.2, 0.25) is 5.88 Å². The van der Waals surface area contributed by atoms with Crippen LogP contribution in [0.25, 0.3) is 16.5 Å². The molecule has 0 unspecified atom stereocenters. The zero-order valence-electron chi connectivity index (χ0n) is 24.8. The minimum atomic E-state index is 0.167. The van der Waals surface area contributed by atoms with Crippen LogP contribution in [0.2, 0.25) is 0 Å². The summed E-state index contributed by atoms with van der Waals surface area (Å²) in [5, 5.41) is 11.1. The average molecular weight is 563 g/mol. The van der Waals surface area contributed by atoms with Gasteiger partial charge in [0.15, 0.2) is 0 Å². The van der Waals surface area contributed by atoms with Gasteiger partial charge in [-0.25, -0.2) is 9.67 Å². The Morgan fingerprint density at radius 2 is 1.62 bits per heavy atom. The molecule has 2 aromatic carbocycles. The second-order valence-electron chi connectivity index (χ2n) is 11.5. The maximum atomic E-state index is 6.08. The summed E-state index contributed by atoms with van der Waals surface area (Å²) in [5.41, 5.74) is 6.32. The molecule has 8 heteroatoms. The Bertz CT molecular complexity index is 1590. The maximum Gasteiger partial charge on any atom is 0.213 e. The summed E-state index contributed by atoms with van der Waals surface area (Å²) in [4.78, 5) is 11.5. The largest absolute Gasteiger partial charge is 0.471 e. The van der Waals surface area contributed by atoms with E-state index in [1.165, 1.54) is 21.9 Å². The summed E-state index contributed by atoms with van der Waals surface area (Å²) >= 11 is 0. The normalized spacial score (nSPS) is 15.9. The van der Waals surface area contributed by atoms with Crippen LogP contribution in [-0.2, 0) is 24.3 Å². The van der Waals surface area contributed by atoms with Crippen LogP contribution in [0.3, 0.4) is 0 Å². The van der Waals surface area contributed by atoms with Gasteiger partial charge in [-0.1, -0.05) is 67.6 Å². The molecule has 1 saturated heterocycles. The molecule has 0 N–H and O–H groups in total. The van der Waals surface area contributed by atoms with Gasteiger partial charge in [0.25, 0.3) is 0 Å². The van der Waals surface area contributed by atoms with Crippen molar-refractivity contribution in [3.8, 4) is 11.6 Å². The van der Waals surface area contributed by atoms with E-state index < -0.39 is 0 Å². The molecule has 5 heterocycles. The summed E-state index contributed by atoms with van der Waals surface area (Å²) in [6.45, 7) is 12.4. The Labute approximate surface area is 247 Å². The van der Waals surface area contributed by atoms with E-state index in [9.17, 15) is 0 Å². The third kappa shape index (κ3) is 5.65. The summed E-state index contributed by atoms with van der Waals surface area (Å²) in [6.07, 6.45) is 4.76. The summed E-state index contributed by atoms with van der Waals surface area (Å²) in [7, 11) is 0. The highest BCUT2D eigenvalue weighted by atomic mass is 16.5. The number of hydrogen-bond acceptors (Lipinski definition) is 7. The van der Waals surface area contributed by atoms with Crippen LogP contribution < -0.4 is 4.74 Å². The number of aryl methyl sites for hydroxylation is 2. The number of fused-ring (bicyclic) bond motifs is 2. The molecule has 5 aromatic rings. The lowest BCUT2D eigenvalue weighted by atomic mass is 9.81. The van der Waals surface area contributed by atoms with Crippen molar-refractivity contribution < 1.29 is 9.47 Å². The highest BCUT2D eigenvalue weighted by Crippen LogP contribution is 2.36. The SMILES string of the molecule is Cc1ccc(-n2nnc(C)c2COc2cc3c(cn2)CN(C2(C(C)C)COC2)CC3)cn1.c1ccc2ccccc2c1. The maximum absolute atomic E-state index is 6.08. The van der Waals surface area contributed by atoms with Crippen LogP contribution in [-0.4, -0.2) is 55.2 Å². The smallest absolute Gasteiger partial charge is 0.213 e. The van der Waals surface area contributed by atoms with Gasteiger partial charge in [0.05, 0.1) is 36.3 Å². The summed E-state index contributed by atoms with van der Waals surface area (Å²) in [5.74, 6) is 1.20. The van der Waals surface area contributed by atoms with Crippen LogP contribution in [0.1, 0.15) is 42.1 Å². The van der Waals surface area contributed by atoms with Gasteiger partial charge in [-0.05, 0) is 60.2 Å². The molecule has 7 rings (SSSR count). The zero-order valence-corrected chi connectivity index (χ0v) is 24.8. The molecular formula is C34H38N6O2. The summed E-state index contributed by atoms with van der Waals surface area (Å²) in [6, 6.07) is 22.7. The number of benzene rings is 2. The molecule has 0 spiro atoms. The van der Waals surface area contributed by atoms with Gasteiger partial charge in [0, 0.05) is 31.0 Å². The molecular weight excluding hydrogens is 524 g/mol. The van der Waals surface area contributed by atoms with E-state index in [-0.39, 0.29) is 5.54 Å². The molecule has 0 bridgehead atoms. The van der Waals surface area contributed by atoms with Gasteiger partial charge >= 0.3 is 0 Å². The Hall–Kier alpha value is -4.14. The molecule has 1 fully saturated rings. The molecule has 216 valence electrons. The van der Waals surface area contributed by atoms with E-state index in [4.69, 9.17) is 9.47 Å². The van der Waals surface area contributed by atoms with Crippen molar-refractivity contribution in [2.24, 2.45) is 5.92 Å². The Kier molecular flexibility index (Phi) is 8.00. The minimum Gasteiger partial charge on any atom is -0.471 e. The van der Waals surface area contributed by atoms with E-state index in [2.05, 4.69) is 93.6 Å². The van der Waals surface area contributed by atoms with Gasteiger partial charge in [-0.2, -0.15) is 0 Å². The van der Waals surface area contributed by atoms with Crippen molar-refractivity contribution >= 4 is 10.8 Å². The molecule has 3 aromatic heterocycles. The van der Waals surface area contributed by atoms with Crippen molar-refractivity contribution in [3.05, 3.63) is 107 Å². The second kappa shape index (κ2) is 12.0. The molecule has 0 aliphatic carbocycles. The fraction of sp³-hybridized carbons (Fsp3) is 0.353. The first-order valence-corrected chi connectivity index (χ1v) is 14.6. The van der Waals surface area contributed by atoms with Crippen LogP contribution in [0.15, 0.2) is 79.1 Å².